The predicted molar refractivity (Wildman–Crippen MR) is 151 cm³/mol. The van der Waals surface area contributed by atoms with Gasteiger partial charge in [0.25, 0.3) is 0 Å². The Morgan fingerprint density at radius 2 is 1.90 bits per heavy atom. The summed E-state index contributed by atoms with van der Waals surface area (Å²) in [6.45, 7) is 7.97. The van der Waals surface area contributed by atoms with Gasteiger partial charge in [0.15, 0.2) is 28.7 Å². The molecule has 0 radical (unpaired) electrons. The Balaban J connectivity index is 1.48. The smallest absolute Gasteiger partial charge is 0.341 e. The van der Waals surface area contributed by atoms with Gasteiger partial charge < -0.3 is 19.4 Å². The largest absolute Gasteiger partial charge is 0.480 e. The Morgan fingerprint density at radius 1 is 1.12 bits per heavy atom. The molecule has 2 aromatic carbocycles. The van der Waals surface area contributed by atoms with Crippen LogP contribution in [0.3, 0.4) is 0 Å². The summed E-state index contributed by atoms with van der Waals surface area (Å²) in [4.78, 5) is 25.6. The number of nitrogens with zero attached hydrogens (tertiary/aromatic N) is 3. The lowest BCUT2D eigenvalue weighted by Gasteiger charge is -2.16. The Kier molecular flexibility index (Phi) is 9.21. The molecule has 1 atom stereocenters. The molecule has 12 heteroatoms. The van der Waals surface area contributed by atoms with Crippen LogP contribution < -0.4 is 10.1 Å². The third-order valence-electron chi connectivity index (χ3n) is 6.07. The maximum atomic E-state index is 14.1. The molecule has 8 nitrogen and oxygen atoms in total. The van der Waals surface area contributed by atoms with Crippen molar-refractivity contribution in [2.24, 2.45) is 0 Å². The summed E-state index contributed by atoms with van der Waals surface area (Å²) in [5, 5.41) is 13.9. The number of hydrogen-bond donors (Lipinski definition) is 1. The van der Waals surface area contributed by atoms with Crippen molar-refractivity contribution in [3.63, 3.8) is 0 Å². The maximum Gasteiger partial charge on any atom is 0.341 e. The lowest BCUT2D eigenvalue weighted by atomic mass is 9.97. The Bertz CT molecular complexity index is 1550. The average molecular weight is 587 g/mol. The van der Waals surface area contributed by atoms with Gasteiger partial charge in [0.2, 0.25) is 5.91 Å². The maximum absolute atomic E-state index is 14.1. The summed E-state index contributed by atoms with van der Waals surface area (Å²) in [7, 11) is 1.30. The quantitative estimate of drug-likeness (QED) is 0.166. The van der Waals surface area contributed by atoms with Gasteiger partial charge in [-0.05, 0) is 51.0 Å². The minimum absolute atomic E-state index is 0.00270. The van der Waals surface area contributed by atoms with E-state index < -0.39 is 23.7 Å². The van der Waals surface area contributed by atoms with E-state index in [2.05, 4.69) is 15.5 Å². The van der Waals surface area contributed by atoms with E-state index in [4.69, 9.17) is 9.47 Å². The minimum atomic E-state index is -0.818. The molecule has 0 aliphatic rings. The topological polar surface area (TPSA) is 95.3 Å². The van der Waals surface area contributed by atoms with Gasteiger partial charge in [-0.2, -0.15) is 0 Å². The van der Waals surface area contributed by atoms with E-state index in [1.165, 1.54) is 24.5 Å². The SMILES string of the molecule is CCn1c(SCC(=O)Nc2scc(-c3cc(C)ccc3C)c2C(=O)OC)nnc1C(C)Oc1ccc(F)cc1F. The Morgan fingerprint density at radius 3 is 2.60 bits per heavy atom. The summed E-state index contributed by atoms with van der Waals surface area (Å²) in [6.07, 6.45) is -0.687. The Labute approximate surface area is 238 Å². The van der Waals surface area contributed by atoms with Crippen LogP contribution in [0, 0.1) is 25.5 Å². The number of methoxy groups -OCH3 is 1. The zero-order valence-electron chi connectivity index (χ0n) is 22.6. The number of benzene rings is 2. The van der Waals surface area contributed by atoms with E-state index in [-0.39, 0.29) is 17.4 Å². The number of esters is 1. The first kappa shape index (κ1) is 29.2. The summed E-state index contributed by atoms with van der Waals surface area (Å²) in [5.41, 5.74) is 3.94. The molecular weight excluding hydrogens is 558 g/mol. The van der Waals surface area contributed by atoms with Gasteiger partial charge in [0.05, 0.1) is 12.9 Å². The summed E-state index contributed by atoms with van der Waals surface area (Å²) >= 11 is 2.41. The van der Waals surface area contributed by atoms with E-state index in [9.17, 15) is 18.4 Å². The van der Waals surface area contributed by atoms with Crippen LogP contribution in [0.4, 0.5) is 13.8 Å². The number of carbonyl (C=O) groups is 2. The van der Waals surface area contributed by atoms with Crippen molar-refractivity contribution >= 4 is 40.0 Å². The number of thiophene rings is 1. The first-order valence-corrected chi connectivity index (χ1v) is 14.2. The van der Waals surface area contributed by atoms with Gasteiger partial charge in [-0.1, -0.05) is 35.5 Å². The number of ether oxygens (including phenoxy) is 2. The third kappa shape index (κ3) is 6.34. The van der Waals surface area contributed by atoms with Crippen molar-refractivity contribution in [2.45, 2.75) is 45.5 Å². The van der Waals surface area contributed by atoms with Crippen molar-refractivity contribution in [3.8, 4) is 16.9 Å². The van der Waals surface area contributed by atoms with Crippen molar-refractivity contribution in [1.82, 2.24) is 14.8 Å². The van der Waals surface area contributed by atoms with Crippen LogP contribution in [0.5, 0.6) is 5.75 Å². The lowest BCUT2D eigenvalue weighted by Crippen LogP contribution is -2.17. The van der Waals surface area contributed by atoms with Gasteiger partial charge in [-0.3, -0.25) is 4.79 Å². The standard InChI is InChI=1S/C28H28F2N4O4S2/c1-6-34-25(17(4)38-22-10-9-18(29)12-21(22)30)32-33-28(34)40-14-23(35)31-26-24(27(36)37-5)20(13-39-26)19-11-15(2)7-8-16(19)3/h7-13,17H,6,14H2,1-5H3,(H,31,35). The molecule has 1 unspecified atom stereocenters. The average Bonchev–Trinajstić information content (AvgIpc) is 3.53. The van der Waals surface area contributed by atoms with E-state index in [0.717, 1.165) is 40.6 Å². The van der Waals surface area contributed by atoms with Crippen molar-refractivity contribution in [3.05, 3.63) is 75.9 Å². The number of carbonyl (C=O) groups excluding carboxylic acids is 2. The molecule has 4 rings (SSSR count). The lowest BCUT2D eigenvalue weighted by molar-refractivity contribution is -0.113. The molecule has 0 saturated heterocycles. The molecule has 0 aliphatic heterocycles. The molecule has 210 valence electrons. The predicted octanol–water partition coefficient (Wildman–Crippen LogP) is 6.58. The van der Waals surface area contributed by atoms with Gasteiger partial charge in [0, 0.05) is 23.6 Å². The van der Waals surface area contributed by atoms with E-state index >= 15 is 0 Å². The molecule has 2 heterocycles. The second-order valence-corrected chi connectivity index (χ2v) is 10.7. The van der Waals surface area contributed by atoms with Gasteiger partial charge >= 0.3 is 5.97 Å². The molecule has 1 N–H and O–H groups in total. The highest BCUT2D eigenvalue weighted by Gasteiger charge is 2.24. The number of thioether (sulfide) groups is 1. The van der Waals surface area contributed by atoms with Crippen molar-refractivity contribution in [2.75, 3.05) is 18.2 Å². The van der Waals surface area contributed by atoms with Gasteiger partial charge in [0.1, 0.15) is 16.4 Å². The number of rotatable bonds is 10. The molecule has 0 spiro atoms. The van der Waals surface area contributed by atoms with Crippen LogP contribution in [0.15, 0.2) is 46.9 Å². The van der Waals surface area contributed by atoms with E-state index in [1.807, 2.05) is 44.4 Å². The molecule has 1 amide bonds. The summed E-state index contributed by atoms with van der Waals surface area (Å²) in [6, 6.07) is 9.05. The normalized spacial score (nSPS) is 11.8. The molecule has 0 fully saturated rings. The monoisotopic (exact) mass is 586 g/mol. The first-order chi connectivity index (χ1) is 19.1. The number of aromatic nitrogens is 3. The van der Waals surface area contributed by atoms with Crippen molar-refractivity contribution in [1.29, 1.82) is 0 Å². The fourth-order valence-electron chi connectivity index (χ4n) is 4.09. The van der Waals surface area contributed by atoms with E-state index in [1.54, 1.807) is 11.5 Å². The molecule has 2 aromatic heterocycles. The molecule has 0 bridgehead atoms. The molecule has 0 saturated carbocycles. The zero-order valence-corrected chi connectivity index (χ0v) is 24.2. The number of aryl methyl sites for hydroxylation is 2. The number of amides is 1. The molecule has 0 aliphatic carbocycles. The Hall–Kier alpha value is -3.77. The van der Waals surface area contributed by atoms with Crippen LogP contribution in [0.25, 0.3) is 11.1 Å². The molecular formula is C28H28F2N4O4S2. The minimum Gasteiger partial charge on any atom is -0.480 e. The fourth-order valence-corrected chi connectivity index (χ4v) is 5.86. The highest BCUT2D eigenvalue weighted by atomic mass is 32.2. The summed E-state index contributed by atoms with van der Waals surface area (Å²) < 4.78 is 39.7. The fraction of sp³-hybridized carbons (Fsp3) is 0.286. The second-order valence-electron chi connectivity index (χ2n) is 8.92. The second kappa shape index (κ2) is 12.6. The van der Waals surface area contributed by atoms with Crippen LogP contribution in [0.1, 0.15) is 47.3 Å². The number of anilines is 1. The van der Waals surface area contributed by atoms with Gasteiger partial charge in [-0.15, -0.1) is 21.5 Å². The zero-order chi connectivity index (χ0) is 29.0. The third-order valence-corrected chi connectivity index (χ3v) is 7.93. The van der Waals surface area contributed by atoms with Crippen LogP contribution in [0.2, 0.25) is 0 Å². The highest BCUT2D eigenvalue weighted by Crippen LogP contribution is 2.38. The number of hydrogen-bond acceptors (Lipinski definition) is 8. The van der Waals surface area contributed by atoms with Crippen LogP contribution in [-0.2, 0) is 16.1 Å². The molecule has 40 heavy (non-hydrogen) atoms. The van der Waals surface area contributed by atoms with Gasteiger partial charge in [-0.25, -0.2) is 13.6 Å². The first-order valence-electron chi connectivity index (χ1n) is 12.4. The van der Waals surface area contributed by atoms with Crippen molar-refractivity contribution < 1.29 is 27.8 Å². The number of halogens is 2. The highest BCUT2D eigenvalue weighted by molar-refractivity contribution is 7.99. The molecule has 4 aromatic rings. The number of nitrogens with one attached hydrogen (secondary N) is 1. The van der Waals surface area contributed by atoms with Crippen LogP contribution >= 0.6 is 23.1 Å². The van der Waals surface area contributed by atoms with Crippen LogP contribution in [-0.4, -0.2) is 39.5 Å². The summed E-state index contributed by atoms with van der Waals surface area (Å²) in [5.74, 6) is -2.08. The van der Waals surface area contributed by atoms with E-state index in [0.29, 0.717) is 33.7 Å².